The topological polar surface area (TPSA) is 32.3 Å². The maximum absolute atomic E-state index is 12.5. The van der Waals surface area contributed by atoms with Crippen LogP contribution in [0, 0.1) is 0 Å². The largest absolute Gasteiger partial charge is 0.416 e. The Labute approximate surface area is 109 Å². The number of hydrogen-bond donors (Lipinski definition) is 2. The summed E-state index contributed by atoms with van der Waals surface area (Å²) in [6, 6.07) is 3.40. The highest BCUT2D eigenvalue weighted by atomic mass is 35.5. The first kappa shape index (κ1) is 15.1. The quantitative estimate of drug-likeness (QED) is 0.774. The van der Waals surface area contributed by atoms with Crippen LogP contribution in [-0.2, 0) is 6.18 Å². The minimum absolute atomic E-state index is 0.0580. The lowest BCUT2D eigenvalue weighted by Gasteiger charge is -2.11. The molecule has 0 unspecified atom stereocenters. The molecular formula is C12H15ClF3NO. The molecule has 18 heavy (non-hydrogen) atoms. The number of unbranched alkanes of at least 4 members (excludes halogenated alkanes) is 2. The molecule has 0 aliphatic rings. The van der Waals surface area contributed by atoms with Gasteiger partial charge in [-0.2, -0.15) is 13.2 Å². The SMILES string of the molecule is OCCCCCNc1cc(Cl)cc(C(F)(F)F)c1. The number of aliphatic hydroxyl groups excluding tert-OH is 1. The average molecular weight is 282 g/mol. The van der Waals surface area contributed by atoms with E-state index < -0.39 is 11.7 Å². The fourth-order valence-electron chi connectivity index (χ4n) is 1.50. The molecule has 0 spiro atoms. The molecule has 0 fully saturated rings. The van der Waals surface area contributed by atoms with Gasteiger partial charge in [0.25, 0.3) is 0 Å². The average Bonchev–Trinajstić information content (AvgIpc) is 2.27. The molecule has 0 heterocycles. The van der Waals surface area contributed by atoms with Gasteiger partial charge in [-0.25, -0.2) is 0 Å². The minimum Gasteiger partial charge on any atom is -0.396 e. The van der Waals surface area contributed by atoms with E-state index in [4.69, 9.17) is 16.7 Å². The van der Waals surface area contributed by atoms with E-state index in [9.17, 15) is 13.2 Å². The van der Waals surface area contributed by atoms with Crippen molar-refractivity contribution in [2.45, 2.75) is 25.4 Å². The first-order chi connectivity index (χ1) is 8.43. The Hall–Kier alpha value is -0.940. The Morgan fingerprint density at radius 2 is 1.83 bits per heavy atom. The van der Waals surface area contributed by atoms with Gasteiger partial charge < -0.3 is 10.4 Å². The van der Waals surface area contributed by atoms with Gasteiger partial charge in [-0.05, 0) is 37.5 Å². The third-order valence-corrected chi connectivity index (χ3v) is 2.61. The fraction of sp³-hybridized carbons (Fsp3) is 0.500. The molecule has 0 aromatic heterocycles. The molecule has 0 amide bonds. The van der Waals surface area contributed by atoms with Gasteiger partial charge in [0.1, 0.15) is 0 Å². The Morgan fingerprint density at radius 1 is 1.11 bits per heavy atom. The van der Waals surface area contributed by atoms with E-state index in [1.165, 1.54) is 6.07 Å². The van der Waals surface area contributed by atoms with Crippen molar-refractivity contribution in [2.75, 3.05) is 18.5 Å². The Morgan fingerprint density at radius 3 is 2.44 bits per heavy atom. The molecule has 1 rings (SSSR count). The summed E-state index contributed by atoms with van der Waals surface area (Å²) in [5.74, 6) is 0. The molecule has 6 heteroatoms. The van der Waals surface area contributed by atoms with Crippen molar-refractivity contribution in [3.63, 3.8) is 0 Å². The molecule has 102 valence electrons. The number of alkyl halides is 3. The summed E-state index contributed by atoms with van der Waals surface area (Å²) in [5.41, 5.74) is -0.397. The van der Waals surface area contributed by atoms with E-state index >= 15 is 0 Å². The zero-order valence-corrected chi connectivity index (χ0v) is 10.5. The lowest BCUT2D eigenvalue weighted by Crippen LogP contribution is -2.07. The number of rotatable bonds is 6. The molecule has 0 aliphatic heterocycles. The molecule has 1 aromatic carbocycles. The van der Waals surface area contributed by atoms with Gasteiger partial charge in [-0.3, -0.25) is 0 Å². The highest BCUT2D eigenvalue weighted by molar-refractivity contribution is 6.30. The summed E-state index contributed by atoms with van der Waals surface area (Å²) in [6.07, 6.45) is -2.08. The summed E-state index contributed by atoms with van der Waals surface area (Å²) in [4.78, 5) is 0. The summed E-state index contributed by atoms with van der Waals surface area (Å²) in [6.45, 7) is 0.688. The highest BCUT2D eigenvalue weighted by Gasteiger charge is 2.31. The third-order valence-electron chi connectivity index (χ3n) is 2.39. The zero-order chi connectivity index (χ0) is 13.6. The van der Waals surface area contributed by atoms with Crippen LogP contribution >= 0.6 is 11.6 Å². The van der Waals surface area contributed by atoms with Gasteiger partial charge in [-0.15, -0.1) is 0 Å². The first-order valence-corrected chi connectivity index (χ1v) is 6.04. The molecule has 0 radical (unpaired) electrons. The van der Waals surface area contributed by atoms with E-state index in [0.717, 1.165) is 25.0 Å². The predicted octanol–water partition coefficient (Wildman–Crippen LogP) is 3.93. The van der Waals surface area contributed by atoms with Gasteiger partial charge in [0.05, 0.1) is 5.56 Å². The van der Waals surface area contributed by atoms with E-state index in [0.29, 0.717) is 18.7 Å². The maximum Gasteiger partial charge on any atom is 0.416 e. The van der Waals surface area contributed by atoms with Crippen molar-refractivity contribution < 1.29 is 18.3 Å². The third kappa shape index (κ3) is 5.14. The van der Waals surface area contributed by atoms with Gasteiger partial charge in [0.2, 0.25) is 0 Å². The van der Waals surface area contributed by atoms with Gasteiger partial charge in [0, 0.05) is 23.9 Å². The van der Waals surface area contributed by atoms with E-state index in [-0.39, 0.29) is 11.6 Å². The van der Waals surface area contributed by atoms with Crippen molar-refractivity contribution >= 4 is 17.3 Å². The van der Waals surface area contributed by atoms with Gasteiger partial charge >= 0.3 is 6.18 Å². The molecule has 0 atom stereocenters. The number of anilines is 1. The van der Waals surface area contributed by atoms with Crippen LogP contribution in [0.5, 0.6) is 0 Å². The Kier molecular flexibility index (Phi) is 5.75. The molecule has 0 saturated carbocycles. The summed E-state index contributed by atoms with van der Waals surface area (Å²) < 4.78 is 37.6. The highest BCUT2D eigenvalue weighted by Crippen LogP contribution is 2.33. The number of halogens is 4. The van der Waals surface area contributed by atoms with Crippen LogP contribution in [0.2, 0.25) is 5.02 Å². The monoisotopic (exact) mass is 281 g/mol. The molecule has 1 aromatic rings. The first-order valence-electron chi connectivity index (χ1n) is 5.66. The number of hydrogen-bond acceptors (Lipinski definition) is 2. The van der Waals surface area contributed by atoms with Crippen LogP contribution in [0.3, 0.4) is 0 Å². The Balaban J connectivity index is 2.58. The molecule has 0 bridgehead atoms. The van der Waals surface area contributed by atoms with Crippen molar-refractivity contribution in [3.05, 3.63) is 28.8 Å². The van der Waals surface area contributed by atoms with E-state index in [1.807, 2.05) is 0 Å². The minimum atomic E-state index is -4.39. The second kappa shape index (κ2) is 6.85. The van der Waals surface area contributed by atoms with E-state index in [2.05, 4.69) is 5.32 Å². The summed E-state index contributed by atoms with van der Waals surface area (Å²) in [5, 5.41) is 11.5. The van der Waals surface area contributed by atoms with Crippen LogP contribution in [0.1, 0.15) is 24.8 Å². The lowest BCUT2D eigenvalue weighted by atomic mass is 10.2. The standard InChI is InChI=1S/C12H15ClF3NO/c13-10-6-9(12(14,15)16)7-11(8-10)17-4-2-1-3-5-18/h6-8,17-18H,1-5H2. The maximum atomic E-state index is 12.5. The molecular weight excluding hydrogens is 267 g/mol. The molecule has 0 aliphatic carbocycles. The zero-order valence-electron chi connectivity index (χ0n) is 9.73. The van der Waals surface area contributed by atoms with Gasteiger partial charge in [0.15, 0.2) is 0 Å². The molecule has 2 nitrogen and oxygen atoms in total. The number of benzene rings is 1. The lowest BCUT2D eigenvalue weighted by molar-refractivity contribution is -0.137. The van der Waals surface area contributed by atoms with Crippen molar-refractivity contribution in [1.29, 1.82) is 0 Å². The van der Waals surface area contributed by atoms with E-state index in [1.54, 1.807) is 0 Å². The summed E-state index contributed by atoms with van der Waals surface area (Å²) >= 11 is 5.65. The summed E-state index contributed by atoms with van der Waals surface area (Å²) in [7, 11) is 0. The predicted molar refractivity (Wildman–Crippen MR) is 65.9 cm³/mol. The number of nitrogens with one attached hydrogen (secondary N) is 1. The number of aliphatic hydroxyl groups is 1. The molecule has 2 N–H and O–H groups in total. The molecule has 0 saturated heterocycles. The van der Waals surface area contributed by atoms with Gasteiger partial charge in [-0.1, -0.05) is 11.6 Å². The normalized spacial score (nSPS) is 11.6. The van der Waals surface area contributed by atoms with Crippen LogP contribution in [0.25, 0.3) is 0 Å². The Bertz CT molecular complexity index is 382. The van der Waals surface area contributed by atoms with Crippen LogP contribution in [0.15, 0.2) is 18.2 Å². The van der Waals surface area contributed by atoms with Crippen LogP contribution < -0.4 is 5.32 Å². The van der Waals surface area contributed by atoms with Crippen molar-refractivity contribution in [3.8, 4) is 0 Å². The second-order valence-electron chi connectivity index (χ2n) is 3.94. The van der Waals surface area contributed by atoms with Crippen molar-refractivity contribution in [1.82, 2.24) is 0 Å². The fourth-order valence-corrected chi connectivity index (χ4v) is 1.74. The van der Waals surface area contributed by atoms with Crippen molar-refractivity contribution in [2.24, 2.45) is 0 Å². The second-order valence-corrected chi connectivity index (χ2v) is 4.37. The smallest absolute Gasteiger partial charge is 0.396 e. The van der Waals surface area contributed by atoms with Crippen LogP contribution in [0.4, 0.5) is 18.9 Å². The van der Waals surface area contributed by atoms with Crippen LogP contribution in [-0.4, -0.2) is 18.3 Å².